The molecule has 5 rings (SSSR count). The molecule has 5 atom stereocenters. The molecule has 7 nitrogen and oxygen atoms in total. The van der Waals surface area contributed by atoms with E-state index in [1.165, 1.54) is 0 Å². The van der Waals surface area contributed by atoms with Crippen LogP contribution in [0.25, 0.3) is 0 Å². The zero-order chi connectivity index (χ0) is 20.8. The fourth-order valence-electron chi connectivity index (χ4n) is 5.62. The predicted octanol–water partition coefficient (Wildman–Crippen LogP) is 2.50. The molecule has 1 saturated carbocycles. The van der Waals surface area contributed by atoms with Crippen molar-refractivity contribution in [3.8, 4) is 0 Å². The molecule has 1 spiro atoms. The molecule has 2 saturated heterocycles. The molecule has 29 heavy (non-hydrogen) atoms. The van der Waals surface area contributed by atoms with Crippen molar-refractivity contribution in [1.82, 2.24) is 0 Å². The van der Waals surface area contributed by atoms with Crippen LogP contribution in [0.2, 0.25) is 0 Å². The van der Waals surface area contributed by atoms with Gasteiger partial charge < -0.3 is 18.9 Å². The second kappa shape index (κ2) is 5.59. The van der Waals surface area contributed by atoms with Crippen LogP contribution < -0.4 is 0 Å². The lowest BCUT2D eigenvalue weighted by molar-refractivity contribution is -0.208. The van der Waals surface area contributed by atoms with E-state index in [0.717, 1.165) is 0 Å². The molecular weight excluding hydrogens is 376 g/mol. The Labute approximate surface area is 168 Å². The number of hydrogen-bond donors (Lipinski definition) is 0. The number of hydrogen-bond acceptors (Lipinski definition) is 7. The van der Waals surface area contributed by atoms with Crippen molar-refractivity contribution >= 4 is 17.7 Å². The summed E-state index contributed by atoms with van der Waals surface area (Å²) in [6.45, 7) is 8.91. The van der Waals surface area contributed by atoms with Gasteiger partial charge in [-0.2, -0.15) is 0 Å². The van der Waals surface area contributed by atoms with Crippen LogP contribution in [-0.2, 0) is 33.3 Å². The predicted molar refractivity (Wildman–Crippen MR) is 99.1 cm³/mol. The normalized spacial score (nSPS) is 41.6. The molecule has 0 amide bonds. The minimum atomic E-state index is -1.12. The maximum absolute atomic E-state index is 13.8. The number of carbonyl (C=O) groups excluding carboxylic acids is 3. The molecule has 154 valence electrons. The molecule has 0 N–H and O–H groups in total. The molecule has 0 bridgehead atoms. The summed E-state index contributed by atoms with van der Waals surface area (Å²) in [7, 11) is 0. The minimum absolute atomic E-state index is 0.139. The topological polar surface area (TPSA) is 91.4 Å². The van der Waals surface area contributed by atoms with E-state index in [0.29, 0.717) is 31.4 Å². The maximum atomic E-state index is 13.8. The number of Topliss-reactive ketones (excluding diaryl/α,β-unsaturated/α-hetero) is 1. The zero-order valence-electron chi connectivity index (χ0n) is 16.8. The summed E-state index contributed by atoms with van der Waals surface area (Å²) in [6.07, 6.45) is 4.90. The fourth-order valence-corrected chi connectivity index (χ4v) is 5.62. The first kappa shape index (κ1) is 18.6. The van der Waals surface area contributed by atoms with Gasteiger partial charge in [0.15, 0.2) is 11.4 Å². The molecule has 0 unspecified atom stereocenters. The first-order valence-electron chi connectivity index (χ1n) is 10.1. The molecule has 2 aliphatic carbocycles. The van der Waals surface area contributed by atoms with Gasteiger partial charge in [0.05, 0.1) is 5.92 Å². The number of allylic oxidation sites excluding steroid dienone is 3. The van der Waals surface area contributed by atoms with Gasteiger partial charge in [-0.15, -0.1) is 6.58 Å². The lowest BCUT2D eigenvalue weighted by Crippen LogP contribution is -2.42. The molecule has 0 aromatic rings. The van der Waals surface area contributed by atoms with Gasteiger partial charge in [0, 0.05) is 38.2 Å². The summed E-state index contributed by atoms with van der Waals surface area (Å²) in [5.74, 6) is -2.65. The highest BCUT2D eigenvalue weighted by molar-refractivity contribution is 6.16. The van der Waals surface area contributed by atoms with Crippen molar-refractivity contribution in [3.05, 3.63) is 35.6 Å². The average molecular weight is 400 g/mol. The molecule has 0 aromatic carbocycles. The number of esters is 2. The van der Waals surface area contributed by atoms with Gasteiger partial charge in [-0.05, 0) is 19.8 Å². The summed E-state index contributed by atoms with van der Waals surface area (Å²) in [4.78, 5) is 39.1. The second-order valence-corrected chi connectivity index (χ2v) is 9.08. The molecule has 0 aromatic heterocycles. The van der Waals surface area contributed by atoms with E-state index in [-0.39, 0.29) is 34.9 Å². The summed E-state index contributed by atoms with van der Waals surface area (Å²) in [6, 6.07) is 0. The highest BCUT2D eigenvalue weighted by Crippen LogP contribution is 2.69. The van der Waals surface area contributed by atoms with Crippen LogP contribution in [0.4, 0.5) is 0 Å². The quantitative estimate of drug-likeness (QED) is 0.407. The van der Waals surface area contributed by atoms with Gasteiger partial charge in [-0.3, -0.25) is 9.59 Å². The van der Waals surface area contributed by atoms with Crippen LogP contribution in [-0.4, -0.2) is 40.8 Å². The van der Waals surface area contributed by atoms with E-state index >= 15 is 0 Å². The summed E-state index contributed by atoms with van der Waals surface area (Å²) < 4.78 is 22.9. The molecular formula is C22H24O7. The van der Waals surface area contributed by atoms with Crippen LogP contribution in [0, 0.1) is 11.8 Å². The number of ether oxygens (including phenoxy) is 4. The van der Waals surface area contributed by atoms with E-state index in [4.69, 9.17) is 18.9 Å². The SMILES string of the molecule is C=CCCC1=C(C2=CC[C@H]3C(=O)O[C@H]4C[C@@]5(C)O[C@@]5(C2=O)[C@H]43)C(=O)OC(C)(C)O1. The van der Waals surface area contributed by atoms with Crippen molar-refractivity contribution in [2.75, 3.05) is 0 Å². The number of epoxide rings is 1. The van der Waals surface area contributed by atoms with Crippen LogP contribution in [0.15, 0.2) is 35.6 Å². The van der Waals surface area contributed by atoms with E-state index in [1.54, 1.807) is 26.0 Å². The Bertz CT molecular complexity index is 925. The highest BCUT2D eigenvalue weighted by Gasteiger charge is 2.85. The number of ketones is 1. The van der Waals surface area contributed by atoms with Gasteiger partial charge in [0.2, 0.25) is 5.79 Å². The number of rotatable bonds is 4. The van der Waals surface area contributed by atoms with Gasteiger partial charge in [0.25, 0.3) is 0 Å². The summed E-state index contributed by atoms with van der Waals surface area (Å²) in [5.41, 5.74) is -1.43. The first-order valence-corrected chi connectivity index (χ1v) is 10.1. The van der Waals surface area contributed by atoms with E-state index in [2.05, 4.69) is 6.58 Å². The average Bonchev–Trinajstić information content (AvgIpc) is 3.04. The highest BCUT2D eigenvalue weighted by atomic mass is 16.7. The third-order valence-corrected chi connectivity index (χ3v) is 6.79. The summed E-state index contributed by atoms with van der Waals surface area (Å²) >= 11 is 0. The Morgan fingerprint density at radius 1 is 1.21 bits per heavy atom. The number of carbonyl (C=O) groups is 3. The van der Waals surface area contributed by atoms with Crippen molar-refractivity contribution in [2.24, 2.45) is 11.8 Å². The number of cyclic esters (lactones) is 1. The Balaban J connectivity index is 1.62. The van der Waals surface area contributed by atoms with E-state index in [1.807, 2.05) is 6.92 Å². The Morgan fingerprint density at radius 3 is 2.69 bits per heavy atom. The van der Waals surface area contributed by atoms with E-state index in [9.17, 15) is 14.4 Å². The fraction of sp³-hybridized carbons (Fsp3) is 0.591. The maximum Gasteiger partial charge on any atom is 0.345 e. The van der Waals surface area contributed by atoms with Crippen molar-refractivity contribution in [2.45, 2.75) is 69.5 Å². The molecule has 3 fully saturated rings. The van der Waals surface area contributed by atoms with Gasteiger partial charge in [0.1, 0.15) is 23.0 Å². The molecule has 3 heterocycles. The van der Waals surface area contributed by atoms with Crippen LogP contribution >= 0.6 is 0 Å². The standard InChI is InChI=1S/C22H24O7/c1-5-6-7-13-15(19(25)28-20(2,3)27-13)11-8-9-12-16-14(26-18(12)24)10-21(4)22(16,29-21)17(11)23/h5,8,12,14,16H,1,6-7,9-10H2,2-4H3/t12-,14+,16+,21-,22-/m1/s1. The third-order valence-electron chi connectivity index (χ3n) is 6.79. The Kier molecular flexibility index (Phi) is 3.59. The summed E-state index contributed by atoms with van der Waals surface area (Å²) in [5, 5.41) is 0. The van der Waals surface area contributed by atoms with Crippen LogP contribution in [0.5, 0.6) is 0 Å². The molecule has 3 aliphatic heterocycles. The minimum Gasteiger partial charge on any atom is -0.462 e. The van der Waals surface area contributed by atoms with Crippen molar-refractivity contribution in [3.63, 3.8) is 0 Å². The van der Waals surface area contributed by atoms with Gasteiger partial charge in [-0.25, -0.2) is 4.79 Å². The van der Waals surface area contributed by atoms with Gasteiger partial charge >= 0.3 is 11.9 Å². The Hall–Kier alpha value is -2.41. The third kappa shape index (κ3) is 2.31. The second-order valence-electron chi connectivity index (χ2n) is 9.08. The van der Waals surface area contributed by atoms with Crippen molar-refractivity contribution in [1.29, 1.82) is 0 Å². The van der Waals surface area contributed by atoms with Gasteiger partial charge in [-0.1, -0.05) is 12.2 Å². The lowest BCUT2D eigenvalue weighted by Gasteiger charge is -2.34. The zero-order valence-corrected chi connectivity index (χ0v) is 16.8. The molecule has 0 radical (unpaired) electrons. The Morgan fingerprint density at radius 2 is 1.97 bits per heavy atom. The lowest BCUT2D eigenvalue weighted by atomic mass is 9.78. The van der Waals surface area contributed by atoms with E-state index < -0.39 is 28.9 Å². The smallest absolute Gasteiger partial charge is 0.345 e. The first-order chi connectivity index (χ1) is 13.6. The largest absolute Gasteiger partial charge is 0.462 e. The van der Waals surface area contributed by atoms with Crippen LogP contribution in [0.1, 0.15) is 46.5 Å². The monoisotopic (exact) mass is 400 g/mol. The molecule has 7 heteroatoms. The molecule has 5 aliphatic rings. The van der Waals surface area contributed by atoms with Crippen LogP contribution in [0.3, 0.4) is 0 Å². The van der Waals surface area contributed by atoms with Crippen molar-refractivity contribution < 1.29 is 33.3 Å².